The van der Waals surface area contributed by atoms with Gasteiger partial charge in [-0.25, -0.2) is 4.39 Å². The van der Waals surface area contributed by atoms with Gasteiger partial charge < -0.3 is 15.2 Å². The van der Waals surface area contributed by atoms with Gasteiger partial charge in [-0.3, -0.25) is 0 Å². The second kappa shape index (κ2) is 5.70. The fourth-order valence-corrected chi connectivity index (χ4v) is 1.74. The summed E-state index contributed by atoms with van der Waals surface area (Å²) in [6.45, 7) is 2.44. The maximum atomic E-state index is 14.0. The van der Waals surface area contributed by atoms with Crippen molar-refractivity contribution in [1.29, 1.82) is 0 Å². The molecule has 0 heterocycles. The van der Waals surface area contributed by atoms with Gasteiger partial charge in [0.1, 0.15) is 5.75 Å². The molecule has 3 nitrogen and oxygen atoms in total. The second-order valence-electron chi connectivity index (χ2n) is 3.68. The number of methoxy groups -OCH3 is 2. The van der Waals surface area contributed by atoms with Crippen LogP contribution < -0.4 is 15.2 Å². The smallest absolute Gasteiger partial charge is 0.172 e. The van der Waals surface area contributed by atoms with Gasteiger partial charge in [-0.15, -0.1) is 0 Å². The van der Waals surface area contributed by atoms with Gasteiger partial charge in [0.2, 0.25) is 0 Å². The summed E-state index contributed by atoms with van der Waals surface area (Å²) in [7, 11) is 2.97. The predicted octanol–water partition coefficient (Wildman–Crippen LogP) is 2.30. The van der Waals surface area contributed by atoms with Crippen LogP contribution in [-0.2, 0) is 0 Å². The fourth-order valence-electron chi connectivity index (χ4n) is 1.74. The minimum Gasteiger partial charge on any atom is -0.496 e. The lowest BCUT2D eigenvalue weighted by molar-refractivity contribution is 0.367. The molecule has 1 atom stereocenters. The Labute approximate surface area is 95.4 Å². The van der Waals surface area contributed by atoms with Gasteiger partial charge in [0.05, 0.1) is 14.2 Å². The zero-order valence-corrected chi connectivity index (χ0v) is 9.92. The third-order valence-electron chi connectivity index (χ3n) is 2.64. The van der Waals surface area contributed by atoms with E-state index in [2.05, 4.69) is 0 Å². The quantitative estimate of drug-likeness (QED) is 0.839. The average molecular weight is 227 g/mol. The molecule has 1 aromatic rings. The van der Waals surface area contributed by atoms with E-state index in [1.54, 1.807) is 12.1 Å². The molecule has 0 amide bonds. The van der Waals surface area contributed by atoms with Crippen LogP contribution in [-0.4, -0.2) is 20.8 Å². The Morgan fingerprint density at radius 2 is 1.81 bits per heavy atom. The van der Waals surface area contributed by atoms with Gasteiger partial charge in [0.15, 0.2) is 11.6 Å². The molecular formula is C12H18FNO2. The lowest BCUT2D eigenvalue weighted by Crippen LogP contribution is -2.08. The molecule has 0 aliphatic carbocycles. The number of benzene rings is 1. The van der Waals surface area contributed by atoms with Gasteiger partial charge in [0, 0.05) is 5.56 Å². The number of rotatable bonds is 5. The van der Waals surface area contributed by atoms with Crippen LogP contribution in [0.25, 0.3) is 0 Å². The van der Waals surface area contributed by atoms with Crippen LogP contribution in [0.4, 0.5) is 4.39 Å². The largest absolute Gasteiger partial charge is 0.496 e. The van der Waals surface area contributed by atoms with Crippen molar-refractivity contribution in [2.24, 2.45) is 5.73 Å². The Balaban J connectivity index is 3.20. The summed E-state index contributed by atoms with van der Waals surface area (Å²) in [5, 5.41) is 0. The van der Waals surface area contributed by atoms with Crippen molar-refractivity contribution in [2.75, 3.05) is 20.8 Å². The molecule has 4 heteroatoms. The van der Waals surface area contributed by atoms with E-state index in [4.69, 9.17) is 15.2 Å². The molecule has 0 bridgehead atoms. The summed E-state index contributed by atoms with van der Waals surface area (Å²) < 4.78 is 24.2. The number of nitrogens with two attached hydrogens (primary N) is 1. The first-order chi connectivity index (χ1) is 7.65. The molecule has 90 valence electrons. The molecular weight excluding hydrogens is 209 g/mol. The topological polar surface area (TPSA) is 44.5 Å². The predicted molar refractivity (Wildman–Crippen MR) is 61.6 cm³/mol. The van der Waals surface area contributed by atoms with Crippen LogP contribution in [0.2, 0.25) is 0 Å². The maximum Gasteiger partial charge on any atom is 0.172 e. The summed E-state index contributed by atoms with van der Waals surface area (Å²) >= 11 is 0. The molecule has 0 spiro atoms. The first kappa shape index (κ1) is 12.8. The fraction of sp³-hybridized carbons (Fsp3) is 0.500. The molecule has 1 unspecified atom stereocenters. The Hall–Kier alpha value is -1.29. The molecule has 0 saturated heterocycles. The van der Waals surface area contributed by atoms with E-state index >= 15 is 0 Å². The molecule has 0 aliphatic rings. The van der Waals surface area contributed by atoms with Crippen molar-refractivity contribution < 1.29 is 13.9 Å². The highest BCUT2D eigenvalue weighted by Crippen LogP contribution is 2.35. The zero-order valence-electron chi connectivity index (χ0n) is 9.92. The molecule has 0 saturated carbocycles. The first-order valence-electron chi connectivity index (χ1n) is 5.26. The van der Waals surface area contributed by atoms with Crippen molar-refractivity contribution >= 4 is 0 Å². The number of halogens is 1. The molecule has 16 heavy (non-hydrogen) atoms. The normalized spacial score (nSPS) is 12.3. The zero-order chi connectivity index (χ0) is 12.1. The molecule has 0 aliphatic heterocycles. The van der Waals surface area contributed by atoms with Gasteiger partial charge in [0.25, 0.3) is 0 Å². The molecule has 1 rings (SSSR count). The van der Waals surface area contributed by atoms with Crippen LogP contribution in [0, 0.1) is 5.82 Å². The van der Waals surface area contributed by atoms with Crippen LogP contribution in [0.1, 0.15) is 24.8 Å². The van der Waals surface area contributed by atoms with E-state index < -0.39 is 0 Å². The monoisotopic (exact) mass is 227 g/mol. The van der Waals surface area contributed by atoms with Crippen molar-refractivity contribution in [3.63, 3.8) is 0 Å². The summed E-state index contributed by atoms with van der Waals surface area (Å²) in [6.07, 6.45) is 0.709. The minimum absolute atomic E-state index is 0.00931. The Bertz CT molecular complexity index is 355. The highest BCUT2D eigenvalue weighted by molar-refractivity contribution is 5.44. The van der Waals surface area contributed by atoms with Crippen molar-refractivity contribution in [2.45, 2.75) is 19.3 Å². The molecule has 1 aromatic carbocycles. The van der Waals surface area contributed by atoms with Crippen molar-refractivity contribution in [1.82, 2.24) is 0 Å². The highest BCUT2D eigenvalue weighted by Gasteiger charge is 2.19. The van der Waals surface area contributed by atoms with E-state index in [1.807, 2.05) is 6.92 Å². The summed E-state index contributed by atoms with van der Waals surface area (Å²) in [5.41, 5.74) is 6.02. The van der Waals surface area contributed by atoms with Crippen molar-refractivity contribution in [3.8, 4) is 11.5 Å². The minimum atomic E-state index is -0.359. The van der Waals surface area contributed by atoms with E-state index in [0.717, 1.165) is 0 Å². The number of hydrogen-bond acceptors (Lipinski definition) is 3. The third-order valence-corrected chi connectivity index (χ3v) is 2.64. The molecule has 0 fully saturated rings. The van der Waals surface area contributed by atoms with Crippen LogP contribution >= 0.6 is 0 Å². The van der Waals surface area contributed by atoms with Crippen LogP contribution in [0.15, 0.2) is 12.1 Å². The Morgan fingerprint density at radius 1 is 1.25 bits per heavy atom. The SMILES string of the molecule is COc1ccc(OC)c(C(C)CCN)c1F. The summed E-state index contributed by atoms with van der Waals surface area (Å²) in [4.78, 5) is 0. The van der Waals surface area contributed by atoms with E-state index in [9.17, 15) is 4.39 Å². The molecule has 0 aromatic heterocycles. The Kier molecular flexibility index (Phi) is 4.55. The van der Waals surface area contributed by atoms with Gasteiger partial charge in [-0.1, -0.05) is 6.92 Å². The maximum absolute atomic E-state index is 14.0. The van der Waals surface area contributed by atoms with Gasteiger partial charge in [-0.05, 0) is 31.0 Å². The molecule has 2 N–H and O–H groups in total. The number of hydrogen-bond donors (Lipinski definition) is 1. The summed E-state index contributed by atoms with van der Waals surface area (Å²) in [6, 6.07) is 3.27. The van der Waals surface area contributed by atoms with E-state index in [-0.39, 0.29) is 17.5 Å². The van der Waals surface area contributed by atoms with Gasteiger partial charge >= 0.3 is 0 Å². The molecule has 0 radical (unpaired) electrons. The highest BCUT2D eigenvalue weighted by atomic mass is 19.1. The standard InChI is InChI=1S/C12H18FNO2/c1-8(6-7-14)11-9(15-2)4-5-10(16-3)12(11)13/h4-5,8H,6-7,14H2,1-3H3. The van der Waals surface area contributed by atoms with Crippen LogP contribution in [0.5, 0.6) is 11.5 Å². The first-order valence-corrected chi connectivity index (χ1v) is 5.26. The Morgan fingerprint density at radius 3 is 2.31 bits per heavy atom. The number of ether oxygens (including phenoxy) is 2. The lowest BCUT2D eigenvalue weighted by atomic mass is 9.96. The van der Waals surface area contributed by atoms with E-state index in [1.165, 1.54) is 14.2 Å². The van der Waals surface area contributed by atoms with Crippen molar-refractivity contribution in [3.05, 3.63) is 23.5 Å². The van der Waals surface area contributed by atoms with E-state index in [0.29, 0.717) is 24.3 Å². The average Bonchev–Trinajstić information content (AvgIpc) is 2.28. The lowest BCUT2D eigenvalue weighted by Gasteiger charge is -2.17. The summed E-state index contributed by atoms with van der Waals surface area (Å²) in [5.74, 6) is 0.428. The van der Waals surface area contributed by atoms with Gasteiger partial charge in [-0.2, -0.15) is 0 Å². The third kappa shape index (κ3) is 2.44. The van der Waals surface area contributed by atoms with Crippen LogP contribution in [0.3, 0.4) is 0 Å². The second-order valence-corrected chi connectivity index (χ2v) is 3.68.